The van der Waals surface area contributed by atoms with Gasteiger partial charge in [-0.3, -0.25) is 0 Å². The summed E-state index contributed by atoms with van der Waals surface area (Å²) in [7, 11) is 0. The molecule has 0 bridgehead atoms. The lowest BCUT2D eigenvalue weighted by molar-refractivity contribution is -0.303. The fraction of sp³-hybridized carbons (Fsp3) is 0.500. The highest BCUT2D eigenvalue weighted by atomic mass is 79.9. The first-order valence-electron chi connectivity index (χ1n) is 10.6. The number of hydrogen-bond acceptors (Lipinski definition) is 4. The Labute approximate surface area is 194 Å². The fourth-order valence-electron chi connectivity index (χ4n) is 5.24. The normalized spacial score (nSPS) is 27.1. The summed E-state index contributed by atoms with van der Waals surface area (Å²) in [5, 5.41) is 0. The van der Waals surface area contributed by atoms with Gasteiger partial charge in [-0.25, -0.2) is 0 Å². The minimum Gasteiger partial charge on any atom is -0.347 e. The standard InChI is InChI=1S/C24H26Br2O4/c25-21-5-1-17(2-6-21)13-19-15-24(29-11-12-30-24)20(16-23(19)27-9-10-28-23)14-18-3-7-22(26)8-4-18/h1-8,19-20H,9-16H2. The third kappa shape index (κ3) is 4.15. The van der Waals surface area contributed by atoms with E-state index in [4.69, 9.17) is 18.9 Å². The summed E-state index contributed by atoms with van der Waals surface area (Å²) in [6.07, 6.45) is 3.33. The Morgan fingerprint density at radius 3 is 1.27 bits per heavy atom. The summed E-state index contributed by atoms with van der Waals surface area (Å²) >= 11 is 7.06. The van der Waals surface area contributed by atoms with Crippen LogP contribution in [0.5, 0.6) is 0 Å². The lowest BCUT2D eigenvalue weighted by atomic mass is 9.69. The molecule has 0 N–H and O–H groups in total. The monoisotopic (exact) mass is 536 g/mol. The highest BCUT2D eigenvalue weighted by molar-refractivity contribution is 9.10. The van der Waals surface area contributed by atoms with Gasteiger partial charge in [0.05, 0.1) is 26.4 Å². The zero-order valence-electron chi connectivity index (χ0n) is 16.8. The van der Waals surface area contributed by atoms with Crippen LogP contribution >= 0.6 is 31.9 Å². The second-order valence-corrected chi connectivity index (χ2v) is 10.3. The second kappa shape index (κ2) is 8.64. The molecule has 3 aliphatic rings. The average Bonchev–Trinajstić information content (AvgIpc) is 3.40. The Bertz CT molecular complexity index is 782. The first-order valence-corrected chi connectivity index (χ1v) is 12.2. The molecule has 3 fully saturated rings. The van der Waals surface area contributed by atoms with E-state index in [2.05, 4.69) is 80.4 Å². The third-order valence-electron chi connectivity index (χ3n) is 6.65. The summed E-state index contributed by atoms with van der Waals surface area (Å²) < 4.78 is 27.5. The van der Waals surface area contributed by atoms with E-state index in [1.165, 1.54) is 11.1 Å². The van der Waals surface area contributed by atoms with Crippen molar-refractivity contribution in [3.63, 3.8) is 0 Å². The van der Waals surface area contributed by atoms with Crippen LogP contribution in [0.25, 0.3) is 0 Å². The van der Waals surface area contributed by atoms with E-state index in [9.17, 15) is 0 Å². The van der Waals surface area contributed by atoms with Crippen LogP contribution < -0.4 is 0 Å². The van der Waals surface area contributed by atoms with Gasteiger partial charge in [0, 0.05) is 33.6 Å². The van der Waals surface area contributed by atoms with Crippen LogP contribution in [0.15, 0.2) is 57.5 Å². The van der Waals surface area contributed by atoms with Crippen molar-refractivity contribution in [2.45, 2.75) is 37.3 Å². The highest BCUT2D eigenvalue weighted by Gasteiger charge is 2.59. The molecule has 2 heterocycles. The summed E-state index contributed by atoms with van der Waals surface area (Å²) in [6, 6.07) is 17.1. The van der Waals surface area contributed by atoms with Crippen molar-refractivity contribution in [1.82, 2.24) is 0 Å². The van der Waals surface area contributed by atoms with Crippen molar-refractivity contribution in [2.24, 2.45) is 11.8 Å². The highest BCUT2D eigenvalue weighted by Crippen LogP contribution is 2.52. The predicted octanol–water partition coefficient (Wildman–Crippen LogP) is 5.51. The lowest BCUT2D eigenvalue weighted by Crippen LogP contribution is -2.57. The minimum absolute atomic E-state index is 0.181. The largest absolute Gasteiger partial charge is 0.347 e. The van der Waals surface area contributed by atoms with Gasteiger partial charge in [-0.05, 0) is 48.2 Å². The molecule has 2 aliphatic heterocycles. The SMILES string of the molecule is Brc1ccc(CC2CC3(OCCO3)C(Cc3ccc(Br)cc3)CC23OCCO3)cc1. The summed E-state index contributed by atoms with van der Waals surface area (Å²) in [5.41, 5.74) is 2.56. The van der Waals surface area contributed by atoms with Crippen molar-refractivity contribution < 1.29 is 18.9 Å². The van der Waals surface area contributed by atoms with E-state index < -0.39 is 11.6 Å². The van der Waals surface area contributed by atoms with Crippen LogP contribution in [0.1, 0.15) is 24.0 Å². The Kier molecular flexibility index (Phi) is 6.08. The molecule has 2 unspecified atom stereocenters. The molecular formula is C24H26Br2O4. The zero-order valence-corrected chi connectivity index (χ0v) is 20.0. The Morgan fingerprint density at radius 2 is 0.933 bits per heavy atom. The first kappa shape index (κ1) is 21.1. The molecule has 4 nitrogen and oxygen atoms in total. The molecule has 2 atom stereocenters. The summed E-state index contributed by atoms with van der Waals surface area (Å²) in [4.78, 5) is 0. The maximum absolute atomic E-state index is 6.33. The minimum atomic E-state index is -0.562. The molecule has 160 valence electrons. The van der Waals surface area contributed by atoms with Gasteiger partial charge in [0.25, 0.3) is 0 Å². The molecule has 2 aromatic rings. The molecule has 2 aromatic carbocycles. The van der Waals surface area contributed by atoms with E-state index in [0.717, 1.165) is 34.6 Å². The van der Waals surface area contributed by atoms with Gasteiger partial charge in [0.1, 0.15) is 0 Å². The zero-order chi connectivity index (χ0) is 20.6. The molecular weight excluding hydrogens is 512 g/mol. The summed E-state index contributed by atoms with van der Waals surface area (Å²) in [6.45, 7) is 2.60. The Balaban J connectivity index is 1.44. The van der Waals surface area contributed by atoms with Gasteiger partial charge in [-0.15, -0.1) is 0 Å². The van der Waals surface area contributed by atoms with Crippen molar-refractivity contribution in [2.75, 3.05) is 26.4 Å². The molecule has 0 amide bonds. The number of ether oxygens (including phenoxy) is 4. The van der Waals surface area contributed by atoms with E-state index in [1.54, 1.807) is 0 Å². The number of hydrogen-bond donors (Lipinski definition) is 0. The van der Waals surface area contributed by atoms with Crippen molar-refractivity contribution >= 4 is 31.9 Å². The van der Waals surface area contributed by atoms with Crippen LogP contribution in [-0.4, -0.2) is 38.0 Å². The van der Waals surface area contributed by atoms with Crippen molar-refractivity contribution in [1.29, 1.82) is 0 Å². The molecule has 2 saturated heterocycles. The fourth-order valence-corrected chi connectivity index (χ4v) is 5.77. The van der Waals surface area contributed by atoms with Crippen LogP contribution in [0.4, 0.5) is 0 Å². The molecule has 0 aromatic heterocycles. The number of benzene rings is 2. The molecule has 30 heavy (non-hydrogen) atoms. The van der Waals surface area contributed by atoms with Crippen LogP contribution in [0, 0.1) is 11.8 Å². The maximum atomic E-state index is 6.33. The number of halogens is 2. The molecule has 6 heteroatoms. The van der Waals surface area contributed by atoms with Gasteiger partial charge in [-0.1, -0.05) is 56.1 Å². The Morgan fingerprint density at radius 1 is 0.600 bits per heavy atom. The molecule has 2 spiro atoms. The van der Waals surface area contributed by atoms with Gasteiger partial charge in [0.15, 0.2) is 11.6 Å². The maximum Gasteiger partial charge on any atom is 0.172 e. The molecule has 5 rings (SSSR count). The molecule has 1 aliphatic carbocycles. The Hall–Kier alpha value is -0.760. The van der Waals surface area contributed by atoms with Gasteiger partial charge < -0.3 is 18.9 Å². The quantitative estimate of drug-likeness (QED) is 0.515. The lowest BCUT2D eigenvalue weighted by Gasteiger charge is -2.50. The van der Waals surface area contributed by atoms with E-state index >= 15 is 0 Å². The molecule has 0 radical (unpaired) electrons. The van der Waals surface area contributed by atoms with Gasteiger partial charge in [-0.2, -0.15) is 0 Å². The van der Waals surface area contributed by atoms with Gasteiger partial charge in [0.2, 0.25) is 0 Å². The molecule has 1 saturated carbocycles. The first-order chi connectivity index (χ1) is 14.6. The summed E-state index contributed by atoms with van der Waals surface area (Å²) in [5.74, 6) is -0.762. The third-order valence-corrected chi connectivity index (χ3v) is 7.71. The smallest absolute Gasteiger partial charge is 0.172 e. The van der Waals surface area contributed by atoms with Crippen LogP contribution in [0.3, 0.4) is 0 Å². The van der Waals surface area contributed by atoms with E-state index in [0.29, 0.717) is 26.4 Å². The van der Waals surface area contributed by atoms with Gasteiger partial charge >= 0.3 is 0 Å². The van der Waals surface area contributed by atoms with Crippen molar-refractivity contribution in [3.05, 3.63) is 68.6 Å². The van der Waals surface area contributed by atoms with Crippen molar-refractivity contribution in [3.8, 4) is 0 Å². The predicted molar refractivity (Wildman–Crippen MR) is 121 cm³/mol. The topological polar surface area (TPSA) is 36.9 Å². The van der Waals surface area contributed by atoms with Crippen LogP contribution in [0.2, 0.25) is 0 Å². The number of rotatable bonds is 4. The van der Waals surface area contributed by atoms with Crippen LogP contribution in [-0.2, 0) is 31.8 Å². The van der Waals surface area contributed by atoms with E-state index in [-0.39, 0.29) is 11.8 Å². The second-order valence-electron chi connectivity index (χ2n) is 8.48. The van der Waals surface area contributed by atoms with E-state index in [1.807, 2.05) is 0 Å². The average molecular weight is 538 g/mol.